The number of hydrogen-bond acceptors (Lipinski definition) is 4. The molecular formula is C22H26FNO3. The number of carbonyl (C=O) groups excluding carboxylic acids is 2. The molecule has 0 fully saturated rings. The van der Waals surface area contributed by atoms with Gasteiger partial charge >= 0.3 is 5.97 Å². The number of dihydropyridines is 1. The summed E-state index contributed by atoms with van der Waals surface area (Å²) < 4.78 is 20.0. The maximum absolute atomic E-state index is 14.7. The van der Waals surface area contributed by atoms with Crippen molar-refractivity contribution in [3.63, 3.8) is 0 Å². The molecule has 1 aromatic carbocycles. The first-order valence-corrected chi connectivity index (χ1v) is 9.47. The predicted octanol–water partition coefficient (Wildman–Crippen LogP) is 4.38. The summed E-state index contributed by atoms with van der Waals surface area (Å²) in [6.45, 7) is 7.98. The molecular weight excluding hydrogens is 345 g/mol. The van der Waals surface area contributed by atoms with Crippen LogP contribution < -0.4 is 5.32 Å². The standard InChI is InChI=1S/C22H26FNO3/c1-5-15-20(21(26)27-6-2)18(13-9-7-8-10-14(13)23)19-16(24-15)11-22(3,4)12-17(19)25/h7-10,18,24H,5-6,11-12H2,1-4H3. The van der Waals surface area contributed by atoms with Crippen LogP contribution in [-0.2, 0) is 14.3 Å². The van der Waals surface area contributed by atoms with Crippen LogP contribution >= 0.6 is 0 Å². The molecule has 0 aromatic heterocycles. The molecule has 27 heavy (non-hydrogen) atoms. The van der Waals surface area contributed by atoms with E-state index in [1.165, 1.54) is 6.07 Å². The highest BCUT2D eigenvalue weighted by Crippen LogP contribution is 2.47. The molecule has 3 rings (SSSR count). The Morgan fingerprint density at radius 2 is 1.96 bits per heavy atom. The number of ether oxygens (including phenoxy) is 1. The zero-order chi connectivity index (χ0) is 19.8. The number of nitrogens with one attached hydrogen (secondary N) is 1. The van der Waals surface area contributed by atoms with E-state index in [1.54, 1.807) is 25.1 Å². The van der Waals surface area contributed by atoms with E-state index < -0.39 is 17.7 Å². The van der Waals surface area contributed by atoms with Crippen molar-refractivity contribution in [3.05, 3.63) is 58.2 Å². The molecule has 1 atom stereocenters. The van der Waals surface area contributed by atoms with Gasteiger partial charge in [-0.15, -0.1) is 0 Å². The lowest BCUT2D eigenvalue weighted by atomic mass is 9.68. The summed E-state index contributed by atoms with van der Waals surface area (Å²) in [4.78, 5) is 25.9. The van der Waals surface area contributed by atoms with Gasteiger partial charge in [0, 0.05) is 29.0 Å². The summed E-state index contributed by atoms with van der Waals surface area (Å²) in [6.07, 6.45) is 1.61. The number of rotatable bonds is 4. The fourth-order valence-corrected chi connectivity index (χ4v) is 4.10. The molecule has 0 radical (unpaired) electrons. The maximum atomic E-state index is 14.7. The number of halogens is 1. The number of esters is 1. The monoisotopic (exact) mass is 371 g/mol. The van der Waals surface area contributed by atoms with Crippen LogP contribution in [-0.4, -0.2) is 18.4 Å². The van der Waals surface area contributed by atoms with Crippen LogP contribution in [0.25, 0.3) is 0 Å². The zero-order valence-corrected chi connectivity index (χ0v) is 16.3. The molecule has 0 saturated carbocycles. The van der Waals surface area contributed by atoms with Crippen LogP contribution in [0.15, 0.2) is 46.8 Å². The smallest absolute Gasteiger partial charge is 0.336 e. The molecule has 0 saturated heterocycles. The third-order valence-corrected chi connectivity index (χ3v) is 5.19. The molecule has 1 unspecified atom stereocenters. The van der Waals surface area contributed by atoms with Crippen LogP contribution in [0.3, 0.4) is 0 Å². The average Bonchev–Trinajstić information content (AvgIpc) is 2.59. The van der Waals surface area contributed by atoms with Crippen molar-refractivity contribution in [1.29, 1.82) is 0 Å². The molecule has 1 aliphatic carbocycles. The Morgan fingerprint density at radius 1 is 1.26 bits per heavy atom. The Bertz CT molecular complexity index is 851. The van der Waals surface area contributed by atoms with Crippen LogP contribution in [0.5, 0.6) is 0 Å². The molecule has 1 N–H and O–H groups in total. The fraction of sp³-hybridized carbons (Fsp3) is 0.455. The normalized spacial score (nSPS) is 21.7. The van der Waals surface area contributed by atoms with Gasteiger partial charge in [-0.3, -0.25) is 4.79 Å². The van der Waals surface area contributed by atoms with Crippen LogP contribution in [0.1, 0.15) is 58.4 Å². The highest BCUT2D eigenvalue weighted by Gasteiger charge is 2.44. The van der Waals surface area contributed by atoms with Gasteiger partial charge in [0.25, 0.3) is 0 Å². The molecule has 4 nitrogen and oxygen atoms in total. The number of Topliss-reactive ketones (excluding diaryl/α,β-unsaturated/α-hetero) is 1. The Kier molecular flexibility index (Phi) is 5.22. The molecule has 0 spiro atoms. The van der Waals surface area contributed by atoms with Gasteiger partial charge in [0.2, 0.25) is 0 Å². The largest absolute Gasteiger partial charge is 0.463 e. The summed E-state index contributed by atoms with van der Waals surface area (Å²) >= 11 is 0. The topological polar surface area (TPSA) is 55.4 Å². The summed E-state index contributed by atoms with van der Waals surface area (Å²) in [5, 5.41) is 3.31. The summed E-state index contributed by atoms with van der Waals surface area (Å²) in [5.41, 5.74) is 2.51. The molecule has 144 valence electrons. The second-order valence-electron chi connectivity index (χ2n) is 7.88. The minimum Gasteiger partial charge on any atom is -0.463 e. The lowest BCUT2D eigenvalue weighted by Gasteiger charge is -2.40. The fourth-order valence-electron chi connectivity index (χ4n) is 4.10. The number of ketones is 1. The Balaban J connectivity index is 2.24. The van der Waals surface area contributed by atoms with Gasteiger partial charge in [-0.1, -0.05) is 39.0 Å². The molecule has 2 aliphatic rings. The lowest BCUT2D eigenvalue weighted by Crippen LogP contribution is -2.39. The minimum absolute atomic E-state index is 0.0426. The van der Waals surface area contributed by atoms with Gasteiger partial charge in [-0.05, 0) is 31.2 Å². The lowest BCUT2D eigenvalue weighted by molar-refractivity contribution is -0.138. The Labute approximate surface area is 159 Å². The Morgan fingerprint density at radius 3 is 2.59 bits per heavy atom. The van der Waals surface area contributed by atoms with E-state index in [9.17, 15) is 14.0 Å². The van der Waals surface area contributed by atoms with Crippen molar-refractivity contribution < 1.29 is 18.7 Å². The van der Waals surface area contributed by atoms with E-state index in [2.05, 4.69) is 5.32 Å². The number of allylic oxidation sites excluding steroid dienone is 3. The van der Waals surface area contributed by atoms with Crippen LogP contribution in [0, 0.1) is 11.2 Å². The van der Waals surface area contributed by atoms with Gasteiger partial charge in [0.15, 0.2) is 5.78 Å². The third kappa shape index (κ3) is 3.55. The highest BCUT2D eigenvalue weighted by atomic mass is 19.1. The summed E-state index contributed by atoms with van der Waals surface area (Å²) in [6, 6.07) is 6.35. The number of carbonyl (C=O) groups is 2. The van der Waals surface area contributed by atoms with Crippen molar-refractivity contribution in [1.82, 2.24) is 5.32 Å². The summed E-state index contributed by atoms with van der Waals surface area (Å²) in [7, 11) is 0. The number of hydrogen-bond donors (Lipinski definition) is 1. The predicted molar refractivity (Wildman–Crippen MR) is 101 cm³/mol. The van der Waals surface area contributed by atoms with Crippen molar-refractivity contribution in [2.75, 3.05) is 6.61 Å². The molecule has 5 heteroatoms. The van der Waals surface area contributed by atoms with Crippen molar-refractivity contribution in [2.24, 2.45) is 5.41 Å². The molecule has 0 amide bonds. The van der Waals surface area contributed by atoms with E-state index in [0.717, 1.165) is 5.70 Å². The van der Waals surface area contributed by atoms with Crippen molar-refractivity contribution in [3.8, 4) is 0 Å². The van der Waals surface area contributed by atoms with Gasteiger partial charge in [-0.25, -0.2) is 9.18 Å². The molecule has 1 heterocycles. The average molecular weight is 371 g/mol. The van der Waals surface area contributed by atoms with Crippen molar-refractivity contribution >= 4 is 11.8 Å². The van der Waals surface area contributed by atoms with E-state index in [1.807, 2.05) is 20.8 Å². The second-order valence-corrected chi connectivity index (χ2v) is 7.88. The third-order valence-electron chi connectivity index (χ3n) is 5.19. The second kappa shape index (κ2) is 7.29. The first kappa shape index (κ1) is 19.3. The first-order valence-electron chi connectivity index (χ1n) is 9.47. The van der Waals surface area contributed by atoms with Crippen LogP contribution in [0.4, 0.5) is 4.39 Å². The van der Waals surface area contributed by atoms with E-state index >= 15 is 0 Å². The van der Waals surface area contributed by atoms with Crippen LogP contribution in [0.2, 0.25) is 0 Å². The van der Waals surface area contributed by atoms with E-state index in [4.69, 9.17) is 4.74 Å². The first-order chi connectivity index (χ1) is 12.8. The molecule has 0 bridgehead atoms. The van der Waals surface area contributed by atoms with Gasteiger partial charge in [0.1, 0.15) is 5.82 Å². The maximum Gasteiger partial charge on any atom is 0.336 e. The van der Waals surface area contributed by atoms with Gasteiger partial charge in [-0.2, -0.15) is 0 Å². The quantitative estimate of drug-likeness (QED) is 0.798. The number of benzene rings is 1. The zero-order valence-electron chi connectivity index (χ0n) is 16.3. The summed E-state index contributed by atoms with van der Waals surface area (Å²) in [5.74, 6) is -1.70. The van der Waals surface area contributed by atoms with Gasteiger partial charge < -0.3 is 10.1 Å². The van der Waals surface area contributed by atoms with E-state index in [-0.39, 0.29) is 17.8 Å². The highest BCUT2D eigenvalue weighted by molar-refractivity contribution is 6.04. The van der Waals surface area contributed by atoms with Crippen molar-refractivity contribution in [2.45, 2.75) is 52.9 Å². The molecule has 1 aromatic rings. The molecule has 1 aliphatic heterocycles. The Hall–Kier alpha value is -2.43. The minimum atomic E-state index is -0.736. The van der Waals surface area contributed by atoms with Gasteiger partial charge in [0.05, 0.1) is 18.1 Å². The SMILES string of the molecule is CCOC(=O)C1=C(CC)NC2=C(C(=O)CC(C)(C)C2)C1c1ccccc1F. The van der Waals surface area contributed by atoms with E-state index in [0.29, 0.717) is 41.7 Å².